The van der Waals surface area contributed by atoms with E-state index in [0.29, 0.717) is 37.2 Å². The van der Waals surface area contributed by atoms with E-state index in [0.717, 1.165) is 5.56 Å². The van der Waals surface area contributed by atoms with Crippen molar-refractivity contribution >= 4 is 27.0 Å². The van der Waals surface area contributed by atoms with Crippen LogP contribution in [0.1, 0.15) is 31.4 Å². The highest BCUT2D eigenvalue weighted by Gasteiger charge is 2.22. The molecule has 0 aliphatic heterocycles. The molecule has 30 heavy (non-hydrogen) atoms. The molecule has 1 aromatic heterocycles. The van der Waals surface area contributed by atoms with Crippen molar-refractivity contribution in [2.45, 2.75) is 45.2 Å². The SMILES string of the molecule is CCN(CC)S(=O)(=O)c1ccc2c(c1)nnn2CCC(=O)NCc1ccc(C)cc1. The molecule has 1 heterocycles. The van der Waals surface area contributed by atoms with E-state index in [2.05, 4.69) is 15.6 Å². The summed E-state index contributed by atoms with van der Waals surface area (Å²) in [5.74, 6) is -0.0834. The van der Waals surface area contributed by atoms with Crippen LogP contribution >= 0.6 is 0 Å². The number of sulfonamides is 1. The molecular formula is C21H27N5O3S. The minimum atomic E-state index is -3.55. The molecule has 0 atom stereocenters. The van der Waals surface area contributed by atoms with Gasteiger partial charge < -0.3 is 5.32 Å². The topological polar surface area (TPSA) is 97.2 Å². The van der Waals surface area contributed by atoms with Crippen LogP contribution in [0.4, 0.5) is 0 Å². The number of nitrogens with one attached hydrogen (secondary N) is 1. The van der Waals surface area contributed by atoms with Crippen molar-refractivity contribution < 1.29 is 13.2 Å². The zero-order valence-corrected chi connectivity index (χ0v) is 18.3. The van der Waals surface area contributed by atoms with Crippen LogP contribution in [-0.4, -0.2) is 46.7 Å². The molecule has 0 spiro atoms. The lowest BCUT2D eigenvalue weighted by Crippen LogP contribution is -2.30. The van der Waals surface area contributed by atoms with E-state index in [1.165, 1.54) is 15.9 Å². The van der Waals surface area contributed by atoms with E-state index in [4.69, 9.17) is 0 Å². The molecule has 0 radical (unpaired) electrons. The third-order valence-electron chi connectivity index (χ3n) is 4.99. The lowest BCUT2D eigenvalue weighted by Gasteiger charge is -2.18. The summed E-state index contributed by atoms with van der Waals surface area (Å²) in [6.07, 6.45) is 0.254. The molecule has 0 fully saturated rings. The molecule has 0 saturated carbocycles. The largest absolute Gasteiger partial charge is 0.352 e. The highest BCUT2D eigenvalue weighted by Crippen LogP contribution is 2.20. The Labute approximate surface area is 176 Å². The minimum absolute atomic E-state index is 0.0834. The van der Waals surface area contributed by atoms with Gasteiger partial charge in [-0.3, -0.25) is 4.79 Å². The summed E-state index contributed by atoms with van der Waals surface area (Å²) in [6, 6.07) is 12.8. The molecule has 0 aliphatic rings. The van der Waals surface area contributed by atoms with Gasteiger partial charge in [0.25, 0.3) is 0 Å². The molecule has 3 aromatic rings. The average molecular weight is 430 g/mol. The Morgan fingerprint density at radius 2 is 1.80 bits per heavy atom. The number of carbonyl (C=O) groups excluding carboxylic acids is 1. The number of fused-ring (bicyclic) bond motifs is 1. The number of nitrogens with zero attached hydrogens (tertiary/aromatic N) is 4. The van der Waals surface area contributed by atoms with Crippen LogP contribution in [-0.2, 0) is 27.9 Å². The predicted molar refractivity (Wildman–Crippen MR) is 115 cm³/mol. The van der Waals surface area contributed by atoms with Crippen LogP contribution in [0.3, 0.4) is 0 Å². The maximum Gasteiger partial charge on any atom is 0.243 e. The summed E-state index contributed by atoms with van der Waals surface area (Å²) >= 11 is 0. The monoisotopic (exact) mass is 429 g/mol. The first-order valence-corrected chi connectivity index (χ1v) is 11.4. The van der Waals surface area contributed by atoms with E-state index >= 15 is 0 Å². The van der Waals surface area contributed by atoms with Gasteiger partial charge in [0.15, 0.2) is 0 Å². The number of carbonyl (C=O) groups is 1. The Bertz CT molecular complexity index is 1120. The van der Waals surface area contributed by atoms with Crippen LogP contribution in [0.25, 0.3) is 11.0 Å². The molecule has 3 rings (SSSR count). The summed E-state index contributed by atoms with van der Waals surface area (Å²) in [7, 11) is -3.55. The van der Waals surface area contributed by atoms with E-state index in [1.54, 1.807) is 30.7 Å². The van der Waals surface area contributed by atoms with Gasteiger partial charge in [0.05, 0.1) is 17.0 Å². The fourth-order valence-corrected chi connectivity index (χ4v) is 4.67. The molecule has 1 N–H and O–H groups in total. The Balaban J connectivity index is 1.64. The molecule has 8 nitrogen and oxygen atoms in total. The second-order valence-electron chi connectivity index (χ2n) is 7.06. The molecule has 2 aromatic carbocycles. The van der Waals surface area contributed by atoms with E-state index < -0.39 is 10.0 Å². The molecule has 0 unspecified atom stereocenters. The van der Waals surface area contributed by atoms with Crippen molar-refractivity contribution in [2.24, 2.45) is 0 Å². The van der Waals surface area contributed by atoms with Gasteiger partial charge in [0.1, 0.15) is 5.52 Å². The number of benzene rings is 2. The van der Waals surface area contributed by atoms with E-state index in [-0.39, 0.29) is 17.2 Å². The molecule has 0 bridgehead atoms. The van der Waals surface area contributed by atoms with Crippen molar-refractivity contribution in [3.63, 3.8) is 0 Å². The normalized spacial score (nSPS) is 11.9. The molecule has 160 valence electrons. The van der Waals surface area contributed by atoms with Crippen LogP contribution in [0.15, 0.2) is 47.4 Å². The predicted octanol–water partition coefficient (Wildman–Crippen LogP) is 2.48. The zero-order chi connectivity index (χ0) is 21.7. The number of hydrogen-bond donors (Lipinski definition) is 1. The summed E-state index contributed by atoms with van der Waals surface area (Å²) < 4.78 is 28.4. The third-order valence-corrected chi connectivity index (χ3v) is 7.04. The highest BCUT2D eigenvalue weighted by atomic mass is 32.2. The Morgan fingerprint density at radius 1 is 1.10 bits per heavy atom. The van der Waals surface area contributed by atoms with Gasteiger partial charge in [-0.2, -0.15) is 4.31 Å². The van der Waals surface area contributed by atoms with Crippen LogP contribution in [0.2, 0.25) is 0 Å². The highest BCUT2D eigenvalue weighted by molar-refractivity contribution is 7.89. The average Bonchev–Trinajstić information content (AvgIpc) is 3.15. The molecular weight excluding hydrogens is 402 g/mol. The fourth-order valence-electron chi connectivity index (χ4n) is 3.19. The minimum Gasteiger partial charge on any atom is -0.352 e. The van der Waals surface area contributed by atoms with Crippen molar-refractivity contribution in [3.8, 4) is 0 Å². The summed E-state index contributed by atoms with van der Waals surface area (Å²) in [5.41, 5.74) is 3.40. The standard InChI is InChI=1S/C21H27N5O3S/c1-4-25(5-2)30(28,29)18-10-11-20-19(14-18)23-24-26(20)13-12-21(27)22-15-17-8-6-16(3)7-9-17/h6-11,14H,4-5,12-13,15H2,1-3H3,(H,22,27). The number of aromatic nitrogens is 3. The fraction of sp³-hybridized carbons (Fsp3) is 0.381. The smallest absolute Gasteiger partial charge is 0.243 e. The lowest BCUT2D eigenvalue weighted by molar-refractivity contribution is -0.121. The van der Waals surface area contributed by atoms with Gasteiger partial charge >= 0.3 is 0 Å². The van der Waals surface area contributed by atoms with Gasteiger partial charge in [0, 0.05) is 26.1 Å². The molecule has 0 aliphatic carbocycles. The van der Waals surface area contributed by atoms with Gasteiger partial charge in [-0.05, 0) is 30.7 Å². The molecule has 0 saturated heterocycles. The second-order valence-corrected chi connectivity index (χ2v) is 9.00. The van der Waals surface area contributed by atoms with Crippen molar-refractivity contribution in [3.05, 3.63) is 53.6 Å². The number of aryl methyl sites for hydroxylation is 2. The first-order valence-electron chi connectivity index (χ1n) is 10.0. The Morgan fingerprint density at radius 3 is 2.47 bits per heavy atom. The Hall–Kier alpha value is -2.78. The maximum absolute atomic E-state index is 12.7. The van der Waals surface area contributed by atoms with Crippen molar-refractivity contribution in [2.75, 3.05) is 13.1 Å². The van der Waals surface area contributed by atoms with Gasteiger partial charge in [-0.1, -0.05) is 48.9 Å². The zero-order valence-electron chi connectivity index (χ0n) is 17.5. The maximum atomic E-state index is 12.7. The quantitative estimate of drug-likeness (QED) is 0.564. The van der Waals surface area contributed by atoms with Gasteiger partial charge in [-0.15, -0.1) is 5.10 Å². The first kappa shape index (κ1) is 21.9. The number of hydrogen-bond acceptors (Lipinski definition) is 5. The lowest BCUT2D eigenvalue weighted by atomic mass is 10.1. The van der Waals surface area contributed by atoms with Crippen LogP contribution < -0.4 is 5.32 Å². The summed E-state index contributed by atoms with van der Waals surface area (Å²) in [4.78, 5) is 12.4. The summed E-state index contributed by atoms with van der Waals surface area (Å²) in [6.45, 7) is 7.27. The van der Waals surface area contributed by atoms with Gasteiger partial charge in [-0.25, -0.2) is 13.1 Å². The van der Waals surface area contributed by atoms with E-state index in [1.807, 2.05) is 31.2 Å². The second kappa shape index (κ2) is 9.36. The van der Waals surface area contributed by atoms with Crippen LogP contribution in [0, 0.1) is 6.92 Å². The van der Waals surface area contributed by atoms with Crippen LogP contribution in [0.5, 0.6) is 0 Å². The Kier molecular flexibility index (Phi) is 6.84. The first-order chi connectivity index (χ1) is 14.3. The van der Waals surface area contributed by atoms with Crippen molar-refractivity contribution in [1.29, 1.82) is 0 Å². The number of rotatable bonds is 9. The van der Waals surface area contributed by atoms with Crippen molar-refractivity contribution in [1.82, 2.24) is 24.6 Å². The number of amides is 1. The third kappa shape index (κ3) is 4.85. The van der Waals surface area contributed by atoms with E-state index in [9.17, 15) is 13.2 Å². The molecule has 9 heteroatoms. The van der Waals surface area contributed by atoms with Gasteiger partial charge in [0.2, 0.25) is 15.9 Å². The molecule has 1 amide bonds. The summed E-state index contributed by atoms with van der Waals surface area (Å²) in [5, 5.41) is 11.1.